The van der Waals surface area contributed by atoms with Gasteiger partial charge in [-0.1, -0.05) is 18.2 Å². The summed E-state index contributed by atoms with van der Waals surface area (Å²) >= 11 is 0. The molecule has 2 N–H and O–H groups in total. The molecule has 1 aliphatic rings. The largest absolute Gasteiger partial charge is 0.379 e. The van der Waals surface area contributed by atoms with Crippen LogP contribution in [0.1, 0.15) is 19.4 Å². The van der Waals surface area contributed by atoms with Crippen molar-refractivity contribution in [3.63, 3.8) is 0 Å². The summed E-state index contributed by atoms with van der Waals surface area (Å²) in [5.74, 6) is 0.586. The second kappa shape index (κ2) is 10.9. The fraction of sp³-hybridized carbons (Fsp3) is 0.611. The zero-order valence-electron chi connectivity index (χ0n) is 15.3. The topological polar surface area (TPSA) is 48.9 Å². The van der Waals surface area contributed by atoms with Crippen molar-refractivity contribution in [2.45, 2.75) is 25.8 Å². The van der Waals surface area contributed by atoms with E-state index in [1.165, 1.54) is 6.07 Å². The van der Waals surface area contributed by atoms with E-state index in [9.17, 15) is 4.39 Å². The minimum Gasteiger partial charge on any atom is -0.379 e. The van der Waals surface area contributed by atoms with E-state index in [0.717, 1.165) is 38.8 Å². The van der Waals surface area contributed by atoms with Crippen LogP contribution < -0.4 is 10.6 Å². The van der Waals surface area contributed by atoms with Gasteiger partial charge < -0.3 is 15.4 Å². The van der Waals surface area contributed by atoms with Gasteiger partial charge in [0.1, 0.15) is 5.82 Å². The first kappa shape index (κ1) is 22.1. The van der Waals surface area contributed by atoms with Crippen LogP contribution >= 0.6 is 24.0 Å². The Morgan fingerprint density at radius 2 is 1.92 bits per heavy atom. The van der Waals surface area contributed by atoms with Crippen LogP contribution in [0.15, 0.2) is 29.3 Å². The number of aliphatic imine (C=N–C) groups is 1. The average molecular weight is 464 g/mol. The van der Waals surface area contributed by atoms with Crippen LogP contribution in [-0.2, 0) is 11.2 Å². The number of hydrogen-bond acceptors (Lipinski definition) is 3. The van der Waals surface area contributed by atoms with Crippen LogP contribution in [-0.4, -0.2) is 62.8 Å². The van der Waals surface area contributed by atoms with Crippen LogP contribution in [0.3, 0.4) is 0 Å². The van der Waals surface area contributed by atoms with Crippen molar-refractivity contribution in [1.29, 1.82) is 0 Å². The normalized spacial score (nSPS) is 16.2. The highest BCUT2D eigenvalue weighted by Gasteiger charge is 2.28. The molecule has 0 unspecified atom stereocenters. The van der Waals surface area contributed by atoms with Gasteiger partial charge in [0.05, 0.1) is 13.2 Å². The molecule has 7 heteroatoms. The monoisotopic (exact) mass is 464 g/mol. The summed E-state index contributed by atoms with van der Waals surface area (Å²) in [6, 6.07) is 6.87. The number of rotatable bonds is 6. The highest BCUT2D eigenvalue weighted by atomic mass is 127. The molecular formula is C18H30FIN4O. The van der Waals surface area contributed by atoms with Gasteiger partial charge in [0.2, 0.25) is 0 Å². The molecule has 5 nitrogen and oxygen atoms in total. The molecule has 0 radical (unpaired) electrons. The van der Waals surface area contributed by atoms with Crippen LogP contribution in [0.5, 0.6) is 0 Å². The first-order valence-electron chi connectivity index (χ1n) is 8.53. The minimum absolute atomic E-state index is 0. The Morgan fingerprint density at radius 1 is 1.24 bits per heavy atom. The molecule has 0 atom stereocenters. The van der Waals surface area contributed by atoms with Gasteiger partial charge >= 0.3 is 0 Å². The summed E-state index contributed by atoms with van der Waals surface area (Å²) in [6.07, 6.45) is 0.625. The summed E-state index contributed by atoms with van der Waals surface area (Å²) in [4.78, 5) is 6.67. The Bertz CT molecular complexity index is 548. The summed E-state index contributed by atoms with van der Waals surface area (Å²) in [5.41, 5.74) is 0.738. The van der Waals surface area contributed by atoms with Crippen LogP contribution in [0.2, 0.25) is 0 Å². The maximum atomic E-state index is 13.6. The molecule has 2 rings (SSSR count). The Hall–Kier alpha value is -0.930. The number of hydrogen-bond donors (Lipinski definition) is 2. The summed E-state index contributed by atoms with van der Waals surface area (Å²) in [6.45, 7) is 9.35. The summed E-state index contributed by atoms with van der Waals surface area (Å²) in [5, 5.41) is 6.62. The van der Waals surface area contributed by atoms with E-state index < -0.39 is 0 Å². The van der Waals surface area contributed by atoms with E-state index in [-0.39, 0.29) is 35.3 Å². The van der Waals surface area contributed by atoms with Crippen molar-refractivity contribution in [3.8, 4) is 0 Å². The lowest BCUT2D eigenvalue weighted by atomic mass is 10.0. The van der Waals surface area contributed by atoms with Crippen molar-refractivity contribution >= 4 is 29.9 Å². The smallest absolute Gasteiger partial charge is 0.191 e. The SMILES string of the molecule is CN=C(NCCc1ccccc1F)NCC(C)(C)N1CCOCC1.I. The predicted molar refractivity (Wildman–Crippen MR) is 111 cm³/mol. The number of nitrogens with zero attached hydrogens (tertiary/aromatic N) is 2. The second-order valence-electron chi connectivity index (χ2n) is 6.61. The Labute approximate surface area is 167 Å². The molecule has 0 amide bonds. The zero-order chi connectivity index (χ0) is 17.4. The highest BCUT2D eigenvalue weighted by Crippen LogP contribution is 2.15. The summed E-state index contributed by atoms with van der Waals surface area (Å²) < 4.78 is 19.0. The van der Waals surface area contributed by atoms with Gasteiger partial charge in [-0.15, -0.1) is 24.0 Å². The molecule has 142 valence electrons. The van der Waals surface area contributed by atoms with Crippen molar-refractivity contribution in [3.05, 3.63) is 35.6 Å². The standard InChI is InChI=1S/C18H29FN4O.HI/c1-18(2,23-10-12-24-13-11-23)14-22-17(20-3)21-9-8-15-6-4-5-7-16(15)19;/h4-7H,8-14H2,1-3H3,(H2,20,21,22);1H. The van der Waals surface area contributed by atoms with Crippen molar-refractivity contribution in [2.75, 3.05) is 46.4 Å². The molecule has 0 spiro atoms. The van der Waals surface area contributed by atoms with E-state index in [1.807, 2.05) is 12.1 Å². The van der Waals surface area contributed by atoms with Gasteiger partial charge in [0.25, 0.3) is 0 Å². The summed E-state index contributed by atoms with van der Waals surface area (Å²) in [7, 11) is 1.75. The molecule has 1 heterocycles. The van der Waals surface area contributed by atoms with Crippen molar-refractivity contribution in [2.24, 2.45) is 4.99 Å². The van der Waals surface area contributed by atoms with Gasteiger partial charge in [-0.25, -0.2) is 4.39 Å². The van der Waals surface area contributed by atoms with Gasteiger partial charge in [-0.2, -0.15) is 0 Å². The lowest BCUT2D eigenvalue weighted by molar-refractivity contribution is -0.00833. The predicted octanol–water partition coefficient (Wildman–Crippen LogP) is 2.26. The fourth-order valence-electron chi connectivity index (χ4n) is 2.82. The highest BCUT2D eigenvalue weighted by molar-refractivity contribution is 14.0. The molecule has 1 saturated heterocycles. The number of guanidine groups is 1. The lowest BCUT2D eigenvalue weighted by Gasteiger charge is -2.41. The van der Waals surface area contributed by atoms with Gasteiger partial charge in [0.15, 0.2) is 5.96 Å². The second-order valence-corrected chi connectivity index (χ2v) is 6.61. The van der Waals surface area contributed by atoms with Crippen molar-refractivity contribution in [1.82, 2.24) is 15.5 Å². The Kier molecular flexibility index (Phi) is 9.66. The molecule has 0 saturated carbocycles. The van der Waals surface area contributed by atoms with Gasteiger partial charge in [-0.3, -0.25) is 9.89 Å². The fourth-order valence-corrected chi connectivity index (χ4v) is 2.82. The molecule has 0 aliphatic carbocycles. The average Bonchev–Trinajstić information content (AvgIpc) is 2.60. The molecule has 1 aliphatic heterocycles. The van der Waals surface area contributed by atoms with E-state index in [1.54, 1.807) is 13.1 Å². The van der Waals surface area contributed by atoms with Crippen LogP contribution in [0.25, 0.3) is 0 Å². The lowest BCUT2D eigenvalue weighted by Crippen LogP contribution is -2.56. The molecule has 25 heavy (non-hydrogen) atoms. The van der Waals surface area contributed by atoms with Crippen LogP contribution in [0.4, 0.5) is 4.39 Å². The van der Waals surface area contributed by atoms with E-state index in [2.05, 4.69) is 34.4 Å². The molecular weight excluding hydrogens is 434 g/mol. The van der Waals surface area contributed by atoms with Crippen LogP contribution in [0, 0.1) is 5.82 Å². The molecule has 1 aromatic carbocycles. The van der Waals surface area contributed by atoms with E-state index in [0.29, 0.717) is 18.5 Å². The van der Waals surface area contributed by atoms with Crippen molar-refractivity contribution < 1.29 is 9.13 Å². The number of halogens is 2. The molecule has 0 aromatic heterocycles. The van der Waals surface area contributed by atoms with Gasteiger partial charge in [0, 0.05) is 38.8 Å². The van der Waals surface area contributed by atoms with E-state index >= 15 is 0 Å². The third-order valence-corrected chi connectivity index (χ3v) is 4.42. The molecule has 1 aromatic rings. The van der Waals surface area contributed by atoms with E-state index in [4.69, 9.17) is 4.74 Å². The minimum atomic E-state index is -0.157. The number of nitrogens with one attached hydrogen (secondary N) is 2. The number of morpholine rings is 1. The van der Waals surface area contributed by atoms with Gasteiger partial charge in [-0.05, 0) is 31.9 Å². The first-order valence-corrected chi connectivity index (χ1v) is 8.53. The maximum absolute atomic E-state index is 13.6. The molecule has 1 fully saturated rings. The maximum Gasteiger partial charge on any atom is 0.191 e. The quantitative estimate of drug-likeness (QED) is 0.386. The first-order chi connectivity index (χ1) is 11.5. The Balaban J connectivity index is 0.00000312. The molecule has 0 bridgehead atoms. The zero-order valence-corrected chi connectivity index (χ0v) is 17.7. The number of ether oxygens (including phenoxy) is 1. The third kappa shape index (κ3) is 7.07. The third-order valence-electron chi connectivity index (χ3n) is 4.42. The Morgan fingerprint density at radius 3 is 2.56 bits per heavy atom. The number of benzene rings is 1.